The maximum atomic E-state index is 12.5. The fourth-order valence-corrected chi connectivity index (χ4v) is 4.42. The third-order valence-corrected chi connectivity index (χ3v) is 6.29. The number of rotatable bonds is 21. The van der Waals surface area contributed by atoms with Crippen molar-refractivity contribution in [3.63, 3.8) is 0 Å². The monoisotopic (exact) mass is 659 g/mol. The largest absolute Gasteiger partial charge is 0.353 e. The molecule has 0 saturated carbocycles. The summed E-state index contributed by atoms with van der Waals surface area (Å²) in [4.78, 5) is 73.8. The highest BCUT2D eigenvalue weighted by molar-refractivity contribution is 7.80. The molecule has 0 aromatic rings. The third-order valence-electron chi connectivity index (χ3n) is 5.52. The van der Waals surface area contributed by atoms with Gasteiger partial charge in [-0.15, -0.1) is 12.4 Å². The van der Waals surface area contributed by atoms with Gasteiger partial charge in [-0.3, -0.25) is 33.7 Å². The highest BCUT2D eigenvalue weighted by atomic mass is 35.5. The van der Waals surface area contributed by atoms with Crippen molar-refractivity contribution >= 4 is 85.7 Å². The van der Waals surface area contributed by atoms with Gasteiger partial charge in [-0.1, -0.05) is 0 Å². The molecule has 6 N–H and O–H groups in total. The minimum Gasteiger partial charge on any atom is -0.353 e. The van der Waals surface area contributed by atoms with Crippen molar-refractivity contribution in [1.82, 2.24) is 36.8 Å². The number of thiol groups is 3. The zero-order valence-electron chi connectivity index (χ0n) is 23.9. The molecule has 0 aliphatic carbocycles. The van der Waals surface area contributed by atoms with E-state index in [0.717, 1.165) is 0 Å². The van der Waals surface area contributed by atoms with Crippen LogP contribution in [0.2, 0.25) is 0 Å². The fraction of sp³-hybridized carbons (Fsp3) is 0.750. The second-order valence-corrected chi connectivity index (χ2v) is 10.4. The summed E-state index contributed by atoms with van der Waals surface area (Å²) >= 11 is 12.4. The molecule has 238 valence electrons. The molecule has 13 nitrogen and oxygen atoms in total. The average molecular weight is 660 g/mol. The highest BCUT2D eigenvalue weighted by Crippen LogP contribution is 1.98. The van der Waals surface area contributed by atoms with Crippen LogP contribution < -0.4 is 31.9 Å². The summed E-state index contributed by atoms with van der Waals surface area (Å²) in [5.41, 5.74) is 0. The molecule has 3 atom stereocenters. The maximum Gasteiger partial charge on any atom is 0.242 e. The molecule has 0 aromatic carbocycles. The van der Waals surface area contributed by atoms with E-state index in [1.165, 1.54) is 20.8 Å². The molecular weight excluding hydrogens is 614 g/mol. The predicted octanol–water partition coefficient (Wildman–Crippen LogP) is -1.47. The molecular formula is C24H46ClN7O6S3. The summed E-state index contributed by atoms with van der Waals surface area (Å²) < 4.78 is 0. The van der Waals surface area contributed by atoms with Crippen LogP contribution in [0.15, 0.2) is 0 Å². The van der Waals surface area contributed by atoms with E-state index in [9.17, 15) is 28.8 Å². The zero-order valence-corrected chi connectivity index (χ0v) is 27.4. The lowest BCUT2D eigenvalue weighted by Gasteiger charge is -2.25. The van der Waals surface area contributed by atoms with Gasteiger partial charge in [-0.2, -0.15) is 37.9 Å². The smallest absolute Gasteiger partial charge is 0.242 e. The Hall–Kier alpha value is -1.88. The Bertz CT molecular complexity index is 739. The van der Waals surface area contributed by atoms with Gasteiger partial charge in [0, 0.05) is 60.0 Å². The lowest BCUT2D eigenvalue weighted by Crippen LogP contribution is -2.51. The van der Waals surface area contributed by atoms with E-state index in [2.05, 4.69) is 69.8 Å². The second-order valence-electron chi connectivity index (χ2n) is 9.01. The van der Waals surface area contributed by atoms with Crippen LogP contribution in [0.1, 0.15) is 40.0 Å². The van der Waals surface area contributed by atoms with Crippen LogP contribution >= 0.6 is 50.3 Å². The van der Waals surface area contributed by atoms with Gasteiger partial charge in [0.1, 0.15) is 18.1 Å². The normalized spacial score (nSPS) is 12.7. The minimum absolute atomic E-state index is 0. The first kappa shape index (κ1) is 41.3. The van der Waals surface area contributed by atoms with Crippen LogP contribution in [0.4, 0.5) is 0 Å². The van der Waals surface area contributed by atoms with Crippen LogP contribution in [0, 0.1) is 0 Å². The predicted molar refractivity (Wildman–Crippen MR) is 171 cm³/mol. The summed E-state index contributed by atoms with van der Waals surface area (Å²) in [6, 6.07) is -2.09. The van der Waals surface area contributed by atoms with Crippen molar-refractivity contribution in [3.05, 3.63) is 0 Å². The fourth-order valence-electron chi connectivity index (χ4n) is 3.65. The summed E-state index contributed by atoms with van der Waals surface area (Å²) in [7, 11) is 0. The molecule has 0 aliphatic rings. The molecule has 0 heterocycles. The zero-order chi connectivity index (χ0) is 30.5. The van der Waals surface area contributed by atoms with Gasteiger partial charge in [0.25, 0.3) is 0 Å². The van der Waals surface area contributed by atoms with Crippen LogP contribution in [-0.2, 0) is 28.8 Å². The van der Waals surface area contributed by atoms with Crippen LogP contribution in [0.3, 0.4) is 0 Å². The first-order valence-corrected chi connectivity index (χ1v) is 15.0. The van der Waals surface area contributed by atoms with Crippen molar-refractivity contribution < 1.29 is 28.8 Å². The van der Waals surface area contributed by atoms with E-state index < -0.39 is 18.1 Å². The number of amides is 6. The Morgan fingerprint density at radius 3 is 0.976 bits per heavy atom. The van der Waals surface area contributed by atoms with Gasteiger partial charge in [-0.05, 0) is 36.5 Å². The Balaban J connectivity index is 0. The van der Waals surface area contributed by atoms with E-state index in [4.69, 9.17) is 0 Å². The topological polar surface area (TPSA) is 178 Å². The molecule has 0 spiro atoms. The Kier molecular flexibility index (Phi) is 24.8. The third kappa shape index (κ3) is 20.6. The molecule has 41 heavy (non-hydrogen) atoms. The summed E-state index contributed by atoms with van der Waals surface area (Å²) in [5, 5.41) is 16.2. The number of nitrogens with zero attached hydrogens (tertiary/aromatic N) is 1. The summed E-state index contributed by atoms with van der Waals surface area (Å²) in [6.07, 6.45) is 1.12. The number of hydrogen-bond donors (Lipinski definition) is 9. The van der Waals surface area contributed by atoms with Crippen LogP contribution in [0.25, 0.3) is 0 Å². The number of carbonyl (C=O) groups is 6. The van der Waals surface area contributed by atoms with Crippen molar-refractivity contribution in [2.45, 2.75) is 58.2 Å². The number of nitrogens with one attached hydrogen (secondary N) is 6. The van der Waals surface area contributed by atoms with Crippen molar-refractivity contribution in [1.29, 1.82) is 0 Å². The molecule has 0 aromatic heterocycles. The van der Waals surface area contributed by atoms with E-state index in [1.807, 2.05) is 4.90 Å². The second kappa shape index (κ2) is 24.7. The molecule has 0 aliphatic heterocycles. The molecule has 17 heteroatoms. The van der Waals surface area contributed by atoms with E-state index in [1.54, 1.807) is 0 Å². The number of carbonyl (C=O) groups excluding carboxylic acids is 6. The van der Waals surface area contributed by atoms with E-state index in [0.29, 0.717) is 56.2 Å². The van der Waals surface area contributed by atoms with Gasteiger partial charge < -0.3 is 31.9 Å². The van der Waals surface area contributed by atoms with Gasteiger partial charge in [-0.25, -0.2) is 0 Å². The van der Waals surface area contributed by atoms with Gasteiger partial charge >= 0.3 is 0 Å². The molecule has 0 radical (unpaired) electrons. The first-order valence-electron chi connectivity index (χ1n) is 13.1. The Morgan fingerprint density at radius 1 is 0.537 bits per heavy atom. The van der Waals surface area contributed by atoms with Gasteiger partial charge in [0.2, 0.25) is 35.4 Å². The molecule has 0 fully saturated rings. The van der Waals surface area contributed by atoms with Gasteiger partial charge in [0.05, 0.1) is 0 Å². The van der Waals surface area contributed by atoms with Crippen molar-refractivity contribution in [3.8, 4) is 0 Å². The lowest BCUT2D eigenvalue weighted by molar-refractivity contribution is -0.128. The van der Waals surface area contributed by atoms with E-state index >= 15 is 0 Å². The maximum absolute atomic E-state index is 12.5. The minimum atomic E-state index is -0.697. The Morgan fingerprint density at radius 2 is 0.780 bits per heavy atom. The van der Waals surface area contributed by atoms with Crippen LogP contribution in [0.5, 0.6) is 0 Å². The van der Waals surface area contributed by atoms with Crippen molar-refractivity contribution in [2.75, 3.05) is 56.5 Å². The standard InChI is InChI=1S/C24H45N7O6S3.ClH/c1-16(32)28-19(4-13-38)22(35)25-7-10-31(11-8-26-23(36)20(5-14-39)29-17(2)33)12-9-27-24(37)21(6-15-40)30-18(3)34;/h19-21,38-40H,4-15H2,1-3H3,(H,25,35)(H,26,36)(H,27,37)(H,28,32)(H,29,33)(H,30,34);1H. The highest BCUT2D eigenvalue weighted by Gasteiger charge is 2.21. The Labute approximate surface area is 265 Å². The quantitative estimate of drug-likeness (QED) is 0.0676. The number of hydrogen-bond acceptors (Lipinski definition) is 10. The molecule has 0 saturated heterocycles. The molecule has 0 rings (SSSR count). The molecule has 3 unspecified atom stereocenters. The number of halogens is 1. The SMILES string of the molecule is CC(=O)NC(CCS)C(=O)NCCN(CCNC(=O)C(CCS)NC(C)=O)CCNC(=O)C(CCS)NC(C)=O.Cl. The van der Waals surface area contributed by atoms with Crippen LogP contribution in [-0.4, -0.2) is 115 Å². The lowest BCUT2D eigenvalue weighted by atomic mass is 10.2. The van der Waals surface area contributed by atoms with Crippen molar-refractivity contribution in [2.24, 2.45) is 0 Å². The molecule has 6 amide bonds. The average Bonchev–Trinajstić information content (AvgIpc) is 2.86. The summed E-state index contributed by atoms with van der Waals surface area (Å²) in [6.45, 7) is 5.95. The van der Waals surface area contributed by atoms with E-state index in [-0.39, 0.29) is 67.5 Å². The molecule has 0 bridgehead atoms. The summed E-state index contributed by atoms with van der Waals surface area (Å²) in [5.74, 6) is -0.694. The van der Waals surface area contributed by atoms with Gasteiger partial charge in [0.15, 0.2) is 0 Å². The first-order chi connectivity index (χ1) is 18.9.